The molecule has 2 rings (SSSR count). The van der Waals surface area contributed by atoms with Crippen molar-refractivity contribution in [1.29, 1.82) is 0 Å². The number of rotatable bonds is 5. The lowest BCUT2D eigenvalue weighted by Gasteiger charge is -2.41. The summed E-state index contributed by atoms with van der Waals surface area (Å²) in [5.74, 6) is -0.285. The first kappa shape index (κ1) is 19.7. The van der Waals surface area contributed by atoms with Crippen molar-refractivity contribution >= 4 is 19.8 Å². The maximum Gasteiger partial charge on any atom is 0.293 e. The SMILES string of the molecule is C[C@H]1O[C@@H](c2ccncc2[N+](=O)[O-])CC(=O)[C@@H]1CC(C)(C)[Si](C)(C)O. The largest absolute Gasteiger partial charge is 0.432 e. The Bertz CT molecular complexity index is 671. The topological polar surface area (TPSA) is 103 Å². The van der Waals surface area contributed by atoms with E-state index in [2.05, 4.69) is 4.98 Å². The molecular formula is C17H26N2O5Si. The molecule has 0 radical (unpaired) electrons. The number of hydrogen-bond acceptors (Lipinski definition) is 6. The maximum absolute atomic E-state index is 12.7. The van der Waals surface area contributed by atoms with Gasteiger partial charge in [-0.3, -0.25) is 19.9 Å². The number of Topliss-reactive ketones (excluding diaryl/α,β-unsaturated/α-hetero) is 1. The van der Waals surface area contributed by atoms with Crippen molar-refractivity contribution in [2.45, 2.75) is 64.0 Å². The van der Waals surface area contributed by atoms with Crippen molar-refractivity contribution in [2.75, 3.05) is 0 Å². The highest BCUT2D eigenvalue weighted by Crippen LogP contribution is 2.46. The molecule has 0 aliphatic carbocycles. The van der Waals surface area contributed by atoms with Gasteiger partial charge in [0.25, 0.3) is 5.69 Å². The molecule has 1 N–H and O–H groups in total. The van der Waals surface area contributed by atoms with Crippen LogP contribution in [0.4, 0.5) is 5.69 Å². The van der Waals surface area contributed by atoms with Gasteiger partial charge in [-0.1, -0.05) is 13.8 Å². The van der Waals surface area contributed by atoms with Gasteiger partial charge in [0.05, 0.1) is 22.7 Å². The minimum Gasteiger partial charge on any atom is -0.432 e. The molecule has 0 bridgehead atoms. The monoisotopic (exact) mass is 366 g/mol. The van der Waals surface area contributed by atoms with Crippen LogP contribution < -0.4 is 0 Å². The molecule has 3 atom stereocenters. The van der Waals surface area contributed by atoms with Crippen molar-refractivity contribution in [2.24, 2.45) is 5.92 Å². The molecule has 1 aliphatic rings. The van der Waals surface area contributed by atoms with Crippen molar-refractivity contribution in [3.63, 3.8) is 0 Å². The quantitative estimate of drug-likeness (QED) is 0.487. The maximum atomic E-state index is 12.7. The van der Waals surface area contributed by atoms with Crippen LogP contribution in [0.25, 0.3) is 0 Å². The molecule has 1 aromatic heterocycles. The number of pyridine rings is 1. The summed E-state index contributed by atoms with van der Waals surface area (Å²) in [5, 5.41) is 10.9. The first-order chi connectivity index (χ1) is 11.4. The molecule has 1 aromatic rings. The third-order valence-corrected chi connectivity index (χ3v) is 9.03. The molecule has 7 nitrogen and oxygen atoms in total. The Morgan fingerprint density at radius 2 is 2.12 bits per heavy atom. The second-order valence-corrected chi connectivity index (χ2v) is 12.4. The molecule has 0 spiro atoms. The molecule has 1 fully saturated rings. The molecule has 1 saturated heterocycles. The van der Waals surface area contributed by atoms with Crippen LogP contribution in [0.1, 0.15) is 45.3 Å². The Kier molecular flexibility index (Phi) is 5.46. The average molecular weight is 366 g/mol. The lowest BCUT2D eigenvalue weighted by molar-refractivity contribution is -0.386. The Morgan fingerprint density at radius 3 is 2.64 bits per heavy atom. The molecule has 0 amide bonds. The zero-order valence-electron chi connectivity index (χ0n) is 15.4. The molecule has 0 unspecified atom stereocenters. The number of aromatic nitrogens is 1. The van der Waals surface area contributed by atoms with Crippen LogP contribution in [0.3, 0.4) is 0 Å². The fourth-order valence-corrected chi connectivity index (χ4v) is 3.80. The summed E-state index contributed by atoms with van der Waals surface area (Å²) in [5.41, 5.74) is 0.255. The van der Waals surface area contributed by atoms with E-state index in [4.69, 9.17) is 4.74 Å². The first-order valence-corrected chi connectivity index (χ1v) is 11.4. The molecule has 138 valence electrons. The molecular weight excluding hydrogens is 340 g/mol. The van der Waals surface area contributed by atoms with Crippen LogP contribution in [0.15, 0.2) is 18.5 Å². The molecule has 1 aliphatic heterocycles. The molecule has 8 heteroatoms. The van der Waals surface area contributed by atoms with Gasteiger partial charge in [-0.25, -0.2) is 0 Å². The third kappa shape index (κ3) is 4.13. The van der Waals surface area contributed by atoms with Crippen LogP contribution in [0, 0.1) is 16.0 Å². The zero-order chi connectivity index (χ0) is 19.0. The predicted octanol–water partition coefficient (Wildman–Crippen LogP) is 3.39. The smallest absolute Gasteiger partial charge is 0.293 e. The summed E-state index contributed by atoms with van der Waals surface area (Å²) in [4.78, 5) is 37.7. The van der Waals surface area contributed by atoms with Crippen LogP contribution >= 0.6 is 0 Å². The van der Waals surface area contributed by atoms with Gasteiger partial charge >= 0.3 is 0 Å². The first-order valence-electron chi connectivity index (χ1n) is 8.43. The van der Waals surface area contributed by atoms with Gasteiger partial charge < -0.3 is 9.53 Å². The van der Waals surface area contributed by atoms with E-state index < -0.39 is 19.3 Å². The second-order valence-electron chi connectivity index (χ2n) is 7.95. The summed E-state index contributed by atoms with van der Waals surface area (Å²) >= 11 is 0. The molecule has 0 saturated carbocycles. The standard InChI is InChI=1S/C17H26N2O5Si/c1-11-13(9-17(2,3)25(4,5)23)15(20)8-16(24-11)12-6-7-18-10-14(12)19(21)22/h6-7,10-11,13,16,23H,8-9H2,1-5H3/t11-,13-,16-/m1/s1. The van der Waals surface area contributed by atoms with E-state index in [1.165, 1.54) is 18.5 Å². The number of hydrogen-bond donors (Lipinski definition) is 1. The molecule has 25 heavy (non-hydrogen) atoms. The summed E-state index contributed by atoms with van der Waals surface area (Å²) in [7, 11) is -2.44. The highest BCUT2D eigenvalue weighted by Gasteiger charge is 2.45. The third-order valence-electron chi connectivity index (χ3n) is 5.51. The Balaban J connectivity index is 2.21. The fourth-order valence-electron chi connectivity index (χ4n) is 3.08. The lowest BCUT2D eigenvalue weighted by atomic mass is 9.83. The van der Waals surface area contributed by atoms with E-state index in [9.17, 15) is 19.7 Å². The van der Waals surface area contributed by atoms with E-state index >= 15 is 0 Å². The highest BCUT2D eigenvalue weighted by atomic mass is 28.4. The van der Waals surface area contributed by atoms with E-state index in [1.54, 1.807) is 0 Å². The van der Waals surface area contributed by atoms with Gasteiger partial charge in [-0.05, 0) is 37.5 Å². The Morgan fingerprint density at radius 1 is 1.48 bits per heavy atom. The fraction of sp³-hybridized carbons (Fsp3) is 0.647. The number of ketones is 1. The number of nitro groups is 1. The number of carbonyl (C=O) groups is 1. The molecule has 2 heterocycles. The zero-order valence-corrected chi connectivity index (χ0v) is 16.4. The minimum atomic E-state index is -2.44. The minimum absolute atomic E-state index is 0.0289. The van der Waals surface area contributed by atoms with Crippen molar-refractivity contribution in [1.82, 2.24) is 4.98 Å². The highest BCUT2D eigenvalue weighted by molar-refractivity contribution is 6.72. The van der Waals surface area contributed by atoms with E-state index in [0.717, 1.165) is 0 Å². The Labute approximate surface area is 148 Å². The summed E-state index contributed by atoms with van der Waals surface area (Å²) < 4.78 is 5.99. The predicted molar refractivity (Wildman–Crippen MR) is 95.7 cm³/mol. The summed E-state index contributed by atoms with van der Waals surface area (Å²) in [6, 6.07) is 1.54. The van der Waals surface area contributed by atoms with Crippen LogP contribution in [0.5, 0.6) is 0 Å². The van der Waals surface area contributed by atoms with Crippen LogP contribution in [0.2, 0.25) is 18.1 Å². The summed E-state index contributed by atoms with van der Waals surface area (Å²) in [6.45, 7) is 9.53. The van der Waals surface area contributed by atoms with Gasteiger partial charge in [0.2, 0.25) is 0 Å². The van der Waals surface area contributed by atoms with Crippen molar-refractivity contribution in [3.8, 4) is 0 Å². The van der Waals surface area contributed by atoms with Gasteiger partial charge in [-0.2, -0.15) is 0 Å². The summed E-state index contributed by atoms with van der Waals surface area (Å²) in [6.07, 6.45) is 2.30. The van der Waals surface area contributed by atoms with Crippen molar-refractivity contribution in [3.05, 3.63) is 34.1 Å². The van der Waals surface area contributed by atoms with E-state index in [-0.39, 0.29) is 35.0 Å². The molecule has 0 aromatic carbocycles. The number of ether oxygens (including phenoxy) is 1. The van der Waals surface area contributed by atoms with E-state index in [1.807, 2.05) is 33.9 Å². The van der Waals surface area contributed by atoms with Gasteiger partial charge in [0, 0.05) is 18.5 Å². The number of nitrogens with zero attached hydrogens (tertiary/aromatic N) is 2. The van der Waals surface area contributed by atoms with Crippen molar-refractivity contribution < 1.29 is 19.3 Å². The second kappa shape index (κ2) is 6.93. The lowest BCUT2D eigenvalue weighted by Crippen LogP contribution is -2.45. The van der Waals surface area contributed by atoms with Crippen LogP contribution in [-0.4, -0.2) is 34.9 Å². The Hall–Kier alpha value is -1.64. The number of carbonyl (C=O) groups excluding carboxylic acids is 1. The average Bonchev–Trinajstić information content (AvgIpc) is 2.49. The van der Waals surface area contributed by atoms with Gasteiger partial charge in [0.1, 0.15) is 12.0 Å². The van der Waals surface area contributed by atoms with Gasteiger partial charge in [0.15, 0.2) is 8.32 Å². The van der Waals surface area contributed by atoms with Gasteiger partial charge in [-0.15, -0.1) is 0 Å². The normalized spacial score (nSPS) is 25.0. The van der Waals surface area contributed by atoms with E-state index in [0.29, 0.717) is 12.0 Å². The van der Waals surface area contributed by atoms with Crippen LogP contribution in [-0.2, 0) is 9.53 Å².